The van der Waals surface area contributed by atoms with Gasteiger partial charge in [0, 0.05) is 28.1 Å². The Bertz CT molecular complexity index is 1190. The van der Waals surface area contributed by atoms with E-state index >= 15 is 0 Å². The van der Waals surface area contributed by atoms with Gasteiger partial charge in [-0.3, -0.25) is 9.52 Å². The van der Waals surface area contributed by atoms with Gasteiger partial charge in [0.1, 0.15) is 11.5 Å². The summed E-state index contributed by atoms with van der Waals surface area (Å²) in [6.45, 7) is 0. The van der Waals surface area contributed by atoms with E-state index in [1.807, 2.05) is 0 Å². The molecule has 1 heterocycles. The molecule has 138 valence electrons. The first-order valence-corrected chi connectivity index (χ1v) is 9.55. The number of rotatable bonds is 5. The molecule has 3 aromatic carbocycles. The Morgan fingerprint density at radius 2 is 1.81 bits per heavy atom. The van der Waals surface area contributed by atoms with Gasteiger partial charge >= 0.3 is 0 Å². The van der Waals surface area contributed by atoms with Gasteiger partial charge in [0.05, 0.1) is 24.8 Å². The van der Waals surface area contributed by atoms with Crippen molar-refractivity contribution in [2.45, 2.75) is 4.90 Å². The number of hydrogen-bond donors (Lipinski definition) is 2. The second-order valence-electron chi connectivity index (χ2n) is 5.97. The van der Waals surface area contributed by atoms with E-state index in [9.17, 15) is 13.2 Å². The average molecular weight is 384 g/mol. The van der Waals surface area contributed by atoms with Crippen LogP contribution in [0.1, 0.15) is 10.4 Å². The molecule has 0 bridgehead atoms. The second kappa shape index (κ2) is 6.17. The van der Waals surface area contributed by atoms with Crippen LogP contribution in [0.4, 0.5) is 11.4 Å². The first-order valence-electron chi connectivity index (χ1n) is 8.06. The average Bonchev–Trinajstić information content (AvgIpc) is 2.99. The molecule has 4 rings (SSSR count). The lowest BCUT2D eigenvalue weighted by atomic mass is 10.1. The number of hydrogen-bond acceptors (Lipinski definition) is 5. The minimum atomic E-state index is -3.93. The molecular weight excluding hydrogens is 368 g/mol. The Morgan fingerprint density at radius 1 is 1.00 bits per heavy atom. The number of carbonyl (C=O) groups is 1. The van der Waals surface area contributed by atoms with Gasteiger partial charge in [-0.25, -0.2) is 8.42 Å². The van der Waals surface area contributed by atoms with Crippen molar-refractivity contribution in [1.82, 2.24) is 0 Å². The number of anilines is 2. The highest BCUT2D eigenvalue weighted by atomic mass is 32.2. The smallest absolute Gasteiger partial charge is 0.262 e. The molecule has 2 N–H and O–H groups in total. The molecule has 0 saturated heterocycles. The number of amides is 1. The van der Waals surface area contributed by atoms with E-state index in [0.717, 1.165) is 0 Å². The van der Waals surface area contributed by atoms with Crippen molar-refractivity contribution in [3.05, 3.63) is 54.1 Å². The highest BCUT2D eigenvalue weighted by Crippen LogP contribution is 2.38. The van der Waals surface area contributed by atoms with Crippen molar-refractivity contribution in [1.29, 1.82) is 0 Å². The van der Waals surface area contributed by atoms with Crippen LogP contribution in [0, 0.1) is 0 Å². The Labute approximate surface area is 156 Å². The molecule has 27 heavy (non-hydrogen) atoms. The van der Waals surface area contributed by atoms with Crippen molar-refractivity contribution >= 4 is 38.1 Å². The molecule has 1 aliphatic heterocycles. The zero-order valence-corrected chi connectivity index (χ0v) is 15.4. The zero-order chi connectivity index (χ0) is 19.2. The van der Waals surface area contributed by atoms with Crippen LogP contribution in [0.5, 0.6) is 11.5 Å². The van der Waals surface area contributed by atoms with Crippen molar-refractivity contribution in [2.75, 3.05) is 24.3 Å². The fourth-order valence-electron chi connectivity index (χ4n) is 3.18. The maximum absolute atomic E-state index is 13.1. The number of ether oxygens (including phenoxy) is 2. The summed E-state index contributed by atoms with van der Waals surface area (Å²) in [6.07, 6.45) is 0. The normalized spacial score (nSPS) is 12.7. The van der Waals surface area contributed by atoms with Gasteiger partial charge in [-0.2, -0.15) is 0 Å². The zero-order valence-electron chi connectivity index (χ0n) is 14.6. The Balaban J connectivity index is 1.83. The lowest BCUT2D eigenvalue weighted by Crippen LogP contribution is -2.14. The quantitative estimate of drug-likeness (QED) is 0.704. The third-order valence-corrected chi connectivity index (χ3v) is 5.86. The van der Waals surface area contributed by atoms with Crippen LogP contribution in [0.3, 0.4) is 0 Å². The second-order valence-corrected chi connectivity index (χ2v) is 7.62. The third kappa shape index (κ3) is 2.74. The molecule has 0 unspecified atom stereocenters. The van der Waals surface area contributed by atoms with E-state index < -0.39 is 10.0 Å². The molecule has 0 radical (unpaired) electrons. The number of sulfonamides is 1. The van der Waals surface area contributed by atoms with Crippen molar-refractivity contribution in [3.63, 3.8) is 0 Å². The summed E-state index contributed by atoms with van der Waals surface area (Å²) >= 11 is 0. The summed E-state index contributed by atoms with van der Waals surface area (Å²) < 4.78 is 39.1. The first kappa shape index (κ1) is 17.2. The van der Waals surface area contributed by atoms with E-state index in [2.05, 4.69) is 10.0 Å². The van der Waals surface area contributed by atoms with Gasteiger partial charge in [0.25, 0.3) is 15.9 Å². The minimum Gasteiger partial charge on any atom is -0.497 e. The summed E-state index contributed by atoms with van der Waals surface area (Å²) in [5, 5.41) is 3.82. The molecule has 0 fully saturated rings. The number of methoxy groups -OCH3 is 2. The van der Waals surface area contributed by atoms with Crippen LogP contribution in [0.2, 0.25) is 0 Å². The fraction of sp³-hybridized carbons (Fsp3) is 0.105. The molecule has 0 saturated carbocycles. The third-order valence-electron chi connectivity index (χ3n) is 4.44. The number of carbonyl (C=O) groups excluding carboxylic acids is 1. The van der Waals surface area contributed by atoms with Gasteiger partial charge in [-0.15, -0.1) is 0 Å². The minimum absolute atomic E-state index is 0.0810. The highest BCUT2D eigenvalue weighted by Gasteiger charge is 2.26. The fourth-order valence-corrected chi connectivity index (χ4v) is 4.45. The topological polar surface area (TPSA) is 93.7 Å². The van der Waals surface area contributed by atoms with E-state index in [0.29, 0.717) is 33.5 Å². The van der Waals surface area contributed by atoms with Crippen LogP contribution in [0.25, 0.3) is 10.8 Å². The highest BCUT2D eigenvalue weighted by molar-refractivity contribution is 7.93. The molecule has 0 aliphatic carbocycles. The molecule has 7 nitrogen and oxygen atoms in total. The van der Waals surface area contributed by atoms with E-state index in [4.69, 9.17) is 9.47 Å². The lowest BCUT2D eigenvalue weighted by Gasteiger charge is -2.14. The Morgan fingerprint density at radius 3 is 2.56 bits per heavy atom. The van der Waals surface area contributed by atoms with Crippen LogP contribution >= 0.6 is 0 Å². The van der Waals surface area contributed by atoms with E-state index in [1.54, 1.807) is 42.5 Å². The van der Waals surface area contributed by atoms with E-state index in [-0.39, 0.29) is 16.5 Å². The number of nitrogens with one attached hydrogen (secondary N) is 2. The van der Waals surface area contributed by atoms with Crippen molar-refractivity contribution in [3.8, 4) is 11.5 Å². The maximum atomic E-state index is 13.1. The summed E-state index contributed by atoms with van der Waals surface area (Å²) in [5.41, 5.74) is 1.35. The molecule has 0 spiro atoms. The summed E-state index contributed by atoms with van der Waals surface area (Å²) in [6, 6.07) is 12.9. The molecular formula is C19H16N2O5S. The SMILES string of the molecule is COc1ccc(NS(=O)(=O)c2ccc3c4c(cccc24)C(=O)N3)c(OC)c1. The monoisotopic (exact) mass is 384 g/mol. The standard InChI is InChI=1S/C19H16N2O5S/c1-25-11-6-7-14(16(10-11)26-2)21-27(23,24)17-9-8-15-18-12(17)4-3-5-13(18)19(22)20-15/h3-10,21H,1-2H3,(H,20,22). The molecule has 0 aromatic heterocycles. The van der Waals surface area contributed by atoms with Crippen molar-refractivity contribution in [2.24, 2.45) is 0 Å². The van der Waals surface area contributed by atoms with Crippen LogP contribution in [0.15, 0.2) is 53.4 Å². The summed E-state index contributed by atoms with van der Waals surface area (Å²) in [7, 11) is -0.963. The molecule has 1 aliphatic rings. The van der Waals surface area contributed by atoms with Gasteiger partial charge in [-0.1, -0.05) is 12.1 Å². The Hall–Kier alpha value is -3.26. The van der Waals surface area contributed by atoms with Crippen molar-refractivity contribution < 1.29 is 22.7 Å². The Kier molecular flexibility index (Phi) is 3.92. The summed E-state index contributed by atoms with van der Waals surface area (Å²) in [4.78, 5) is 12.1. The van der Waals surface area contributed by atoms with Crippen LogP contribution in [-0.4, -0.2) is 28.5 Å². The molecule has 1 amide bonds. The predicted molar refractivity (Wildman–Crippen MR) is 102 cm³/mol. The summed E-state index contributed by atoms with van der Waals surface area (Å²) in [5.74, 6) is 0.639. The maximum Gasteiger partial charge on any atom is 0.262 e. The van der Waals surface area contributed by atoms with Crippen LogP contribution < -0.4 is 19.5 Å². The van der Waals surface area contributed by atoms with Gasteiger partial charge < -0.3 is 14.8 Å². The molecule has 3 aromatic rings. The first-order chi connectivity index (χ1) is 12.9. The molecule has 0 atom stereocenters. The van der Waals surface area contributed by atoms with Crippen LogP contribution in [-0.2, 0) is 10.0 Å². The van der Waals surface area contributed by atoms with Gasteiger partial charge in [0.15, 0.2) is 0 Å². The molecule has 8 heteroatoms. The predicted octanol–water partition coefficient (Wildman–Crippen LogP) is 3.22. The lowest BCUT2D eigenvalue weighted by molar-refractivity contribution is 0.103. The van der Waals surface area contributed by atoms with Gasteiger partial charge in [-0.05, 0) is 30.3 Å². The van der Waals surface area contributed by atoms with E-state index in [1.165, 1.54) is 20.3 Å². The number of benzene rings is 3. The van der Waals surface area contributed by atoms with Gasteiger partial charge in [0.2, 0.25) is 0 Å². The largest absolute Gasteiger partial charge is 0.497 e.